The summed E-state index contributed by atoms with van der Waals surface area (Å²) >= 11 is 1.49. The van der Waals surface area contributed by atoms with Gasteiger partial charge in [-0.3, -0.25) is 0 Å². The zero-order valence-corrected chi connectivity index (χ0v) is 8.43. The summed E-state index contributed by atoms with van der Waals surface area (Å²) in [4.78, 5) is 11.3. The Kier molecular flexibility index (Phi) is 2.13. The lowest BCUT2D eigenvalue weighted by molar-refractivity contribution is 0.0603. The zero-order valence-electron chi connectivity index (χ0n) is 7.61. The van der Waals surface area contributed by atoms with Gasteiger partial charge in [0.1, 0.15) is 0 Å². The molecule has 4 heteroatoms. The number of esters is 1. The van der Waals surface area contributed by atoms with Crippen LogP contribution in [0.3, 0.4) is 0 Å². The van der Waals surface area contributed by atoms with E-state index in [0.29, 0.717) is 11.3 Å². The molecule has 0 radical (unpaired) electrons. The van der Waals surface area contributed by atoms with Crippen LogP contribution in [-0.2, 0) is 4.74 Å². The lowest BCUT2D eigenvalue weighted by Crippen LogP contribution is -1.99. The third kappa shape index (κ3) is 1.33. The second-order valence-corrected chi connectivity index (χ2v) is 3.81. The molecule has 0 saturated carbocycles. The van der Waals surface area contributed by atoms with Crippen molar-refractivity contribution in [2.45, 2.75) is 0 Å². The highest BCUT2D eigenvalue weighted by Crippen LogP contribution is 2.28. The van der Waals surface area contributed by atoms with E-state index < -0.39 is 0 Å². The number of methoxy groups -OCH3 is 1. The van der Waals surface area contributed by atoms with Crippen LogP contribution in [0.4, 0.5) is 5.69 Å². The second-order valence-electron chi connectivity index (χ2n) is 2.90. The number of carbonyl (C=O) groups excluding carboxylic acids is 1. The first-order valence-electron chi connectivity index (χ1n) is 4.07. The number of carbonyl (C=O) groups is 1. The Labute approximate surface area is 85.1 Å². The van der Waals surface area contributed by atoms with Crippen molar-refractivity contribution >= 4 is 33.1 Å². The van der Waals surface area contributed by atoms with Crippen LogP contribution in [0.25, 0.3) is 10.1 Å². The molecule has 1 aromatic carbocycles. The predicted molar refractivity (Wildman–Crippen MR) is 57.6 cm³/mol. The van der Waals surface area contributed by atoms with E-state index in [-0.39, 0.29) is 5.97 Å². The van der Waals surface area contributed by atoms with E-state index in [2.05, 4.69) is 4.74 Å². The molecule has 2 aromatic rings. The average Bonchev–Trinajstić information content (AvgIpc) is 2.59. The van der Waals surface area contributed by atoms with Crippen LogP contribution in [0.5, 0.6) is 0 Å². The minimum Gasteiger partial charge on any atom is -0.465 e. The van der Waals surface area contributed by atoms with Gasteiger partial charge in [-0.2, -0.15) is 0 Å². The summed E-state index contributed by atoms with van der Waals surface area (Å²) in [6, 6.07) is 5.47. The van der Waals surface area contributed by atoms with Crippen LogP contribution in [-0.4, -0.2) is 13.1 Å². The SMILES string of the molecule is COC(=O)c1csc2cc(N)ccc12. The first kappa shape index (κ1) is 9.02. The maximum Gasteiger partial charge on any atom is 0.339 e. The van der Waals surface area contributed by atoms with Gasteiger partial charge in [-0.05, 0) is 12.1 Å². The molecular weight excluding hydrogens is 198 g/mol. The standard InChI is InChI=1S/C10H9NO2S/c1-13-10(12)8-5-14-9-4-6(11)2-3-7(8)9/h2-5H,11H2,1H3. The molecule has 0 spiro atoms. The Hall–Kier alpha value is -1.55. The van der Waals surface area contributed by atoms with Crippen molar-refractivity contribution in [1.82, 2.24) is 0 Å². The molecule has 2 rings (SSSR count). The Morgan fingerprint density at radius 3 is 3.00 bits per heavy atom. The summed E-state index contributed by atoms with van der Waals surface area (Å²) < 4.78 is 5.67. The normalized spacial score (nSPS) is 10.4. The Balaban J connectivity index is 2.64. The zero-order chi connectivity index (χ0) is 10.1. The van der Waals surface area contributed by atoms with Gasteiger partial charge < -0.3 is 10.5 Å². The largest absolute Gasteiger partial charge is 0.465 e. The molecule has 14 heavy (non-hydrogen) atoms. The molecule has 72 valence electrons. The summed E-state index contributed by atoms with van der Waals surface area (Å²) in [5.41, 5.74) is 6.94. The van der Waals surface area contributed by atoms with Crippen LogP contribution in [0, 0.1) is 0 Å². The predicted octanol–water partition coefficient (Wildman–Crippen LogP) is 2.27. The molecular formula is C10H9NO2S. The quantitative estimate of drug-likeness (QED) is 0.576. The lowest BCUT2D eigenvalue weighted by Gasteiger charge is -1.97. The van der Waals surface area contributed by atoms with Crippen molar-refractivity contribution in [1.29, 1.82) is 0 Å². The average molecular weight is 207 g/mol. The highest BCUT2D eigenvalue weighted by Gasteiger charge is 2.11. The molecule has 0 unspecified atom stereocenters. The van der Waals surface area contributed by atoms with E-state index in [1.165, 1.54) is 18.4 Å². The topological polar surface area (TPSA) is 52.3 Å². The lowest BCUT2D eigenvalue weighted by atomic mass is 10.2. The summed E-state index contributed by atoms with van der Waals surface area (Å²) in [6.45, 7) is 0. The van der Waals surface area contributed by atoms with Gasteiger partial charge in [0.2, 0.25) is 0 Å². The highest BCUT2D eigenvalue weighted by molar-refractivity contribution is 7.17. The van der Waals surface area contributed by atoms with Gasteiger partial charge in [-0.1, -0.05) is 6.07 Å². The number of nitrogens with two attached hydrogens (primary N) is 1. The number of anilines is 1. The Bertz CT molecular complexity index is 490. The van der Waals surface area contributed by atoms with Crippen LogP contribution in [0.15, 0.2) is 23.6 Å². The molecule has 0 aliphatic heterocycles. The van der Waals surface area contributed by atoms with E-state index in [4.69, 9.17) is 5.73 Å². The Morgan fingerprint density at radius 2 is 2.29 bits per heavy atom. The number of benzene rings is 1. The van der Waals surface area contributed by atoms with Crippen LogP contribution in [0.1, 0.15) is 10.4 Å². The third-order valence-corrected chi connectivity index (χ3v) is 2.95. The van der Waals surface area contributed by atoms with Crippen molar-refractivity contribution in [2.24, 2.45) is 0 Å². The van der Waals surface area contributed by atoms with E-state index in [1.807, 2.05) is 12.1 Å². The number of thiophene rings is 1. The first-order chi connectivity index (χ1) is 6.72. The van der Waals surface area contributed by atoms with Gasteiger partial charge in [-0.25, -0.2) is 4.79 Å². The van der Waals surface area contributed by atoms with Crippen molar-refractivity contribution in [3.63, 3.8) is 0 Å². The van der Waals surface area contributed by atoms with Crippen molar-refractivity contribution in [3.05, 3.63) is 29.1 Å². The minimum atomic E-state index is -0.305. The minimum absolute atomic E-state index is 0.305. The maximum absolute atomic E-state index is 11.3. The maximum atomic E-state index is 11.3. The number of fused-ring (bicyclic) bond motifs is 1. The van der Waals surface area contributed by atoms with E-state index >= 15 is 0 Å². The molecule has 2 N–H and O–H groups in total. The van der Waals surface area contributed by atoms with Crippen LogP contribution in [0.2, 0.25) is 0 Å². The van der Waals surface area contributed by atoms with Gasteiger partial charge >= 0.3 is 5.97 Å². The smallest absolute Gasteiger partial charge is 0.339 e. The number of hydrogen-bond acceptors (Lipinski definition) is 4. The van der Waals surface area contributed by atoms with Crippen LogP contribution < -0.4 is 5.73 Å². The summed E-state index contributed by atoms with van der Waals surface area (Å²) in [6.07, 6.45) is 0. The van der Waals surface area contributed by atoms with Gasteiger partial charge in [0.15, 0.2) is 0 Å². The first-order valence-corrected chi connectivity index (χ1v) is 4.95. The fraction of sp³-hybridized carbons (Fsp3) is 0.100. The van der Waals surface area contributed by atoms with Crippen molar-refractivity contribution in [2.75, 3.05) is 12.8 Å². The van der Waals surface area contributed by atoms with Gasteiger partial charge in [-0.15, -0.1) is 11.3 Å². The summed E-state index contributed by atoms with van der Waals surface area (Å²) in [7, 11) is 1.38. The molecule has 1 aromatic heterocycles. The fourth-order valence-corrected chi connectivity index (χ4v) is 2.29. The van der Waals surface area contributed by atoms with Crippen molar-refractivity contribution < 1.29 is 9.53 Å². The second kappa shape index (κ2) is 3.31. The number of rotatable bonds is 1. The molecule has 0 amide bonds. The Morgan fingerprint density at radius 1 is 1.50 bits per heavy atom. The fourth-order valence-electron chi connectivity index (χ4n) is 1.31. The van der Waals surface area contributed by atoms with Gasteiger partial charge in [0.25, 0.3) is 0 Å². The van der Waals surface area contributed by atoms with E-state index in [0.717, 1.165) is 10.1 Å². The monoisotopic (exact) mass is 207 g/mol. The number of nitrogen functional groups attached to an aromatic ring is 1. The molecule has 0 bridgehead atoms. The third-order valence-electron chi connectivity index (χ3n) is 2.00. The molecule has 0 aliphatic carbocycles. The molecule has 1 heterocycles. The van der Waals surface area contributed by atoms with Gasteiger partial charge in [0, 0.05) is 21.2 Å². The van der Waals surface area contributed by atoms with E-state index in [1.54, 1.807) is 11.4 Å². The van der Waals surface area contributed by atoms with Gasteiger partial charge in [0.05, 0.1) is 12.7 Å². The number of ether oxygens (including phenoxy) is 1. The number of hydrogen-bond donors (Lipinski definition) is 1. The molecule has 3 nitrogen and oxygen atoms in total. The molecule has 0 saturated heterocycles. The summed E-state index contributed by atoms with van der Waals surface area (Å²) in [5, 5.41) is 2.69. The molecule has 0 atom stereocenters. The highest BCUT2D eigenvalue weighted by atomic mass is 32.1. The van der Waals surface area contributed by atoms with Crippen molar-refractivity contribution in [3.8, 4) is 0 Å². The summed E-state index contributed by atoms with van der Waals surface area (Å²) in [5.74, 6) is -0.305. The van der Waals surface area contributed by atoms with Crippen LogP contribution >= 0.6 is 11.3 Å². The van der Waals surface area contributed by atoms with E-state index in [9.17, 15) is 4.79 Å². The molecule has 0 aliphatic rings. The molecule has 0 fully saturated rings.